The van der Waals surface area contributed by atoms with Crippen LogP contribution in [0.25, 0.3) is 0 Å². The van der Waals surface area contributed by atoms with E-state index in [4.69, 9.17) is 32.5 Å². The molecule has 13 heteroatoms. The second-order valence-corrected chi connectivity index (χ2v) is 12.2. The summed E-state index contributed by atoms with van der Waals surface area (Å²) < 4.78 is 9.90. The molecule has 42 heavy (non-hydrogen) atoms. The molecule has 4 aliphatic rings. The lowest BCUT2D eigenvalue weighted by molar-refractivity contribution is -0.479. The maximum Gasteiger partial charge on any atom is 0.377 e. The normalized spacial score (nSPS) is 23.1. The Labute approximate surface area is 253 Å². The summed E-state index contributed by atoms with van der Waals surface area (Å²) in [7, 11) is 0. The number of pyridine rings is 2. The van der Waals surface area contributed by atoms with Crippen molar-refractivity contribution in [3.8, 4) is 0 Å². The van der Waals surface area contributed by atoms with Crippen LogP contribution in [-0.4, -0.2) is 65.3 Å². The van der Waals surface area contributed by atoms with Gasteiger partial charge in [-0.25, -0.2) is 14.8 Å². The zero-order chi connectivity index (χ0) is 29.4. The van der Waals surface area contributed by atoms with Gasteiger partial charge in [0, 0.05) is 50.0 Å². The second-order valence-electron chi connectivity index (χ2n) is 11.4. The van der Waals surface area contributed by atoms with Crippen molar-refractivity contribution in [2.24, 2.45) is 23.7 Å². The highest BCUT2D eigenvalue weighted by Crippen LogP contribution is 2.47. The fraction of sp³-hybridized carbons (Fsp3) is 0.517. The summed E-state index contributed by atoms with van der Waals surface area (Å²) in [5.74, 6) is 4.82. The van der Waals surface area contributed by atoms with Gasteiger partial charge in [-0.05, 0) is 66.7 Å². The van der Waals surface area contributed by atoms with Gasteiger partial charge in [0.2, 0.25) is 12.3 Å². The van der Waals surface area contributed by atoms with Gasteiger partial charge in [0.25, 0.3) is 0 Å². The lowest BCUT2D eigenvalue weighted by Gasteiger charge is -2.19. The summed E-state index contributed by atoms with van der Waals surface area (Å²) >= 11 is 12.4. The van der Waals surface area contributed by atoms with Crippen LogP contribution in [0, 0.1) is 33.8 Å². The molecule has 0 N–H and O–H groups in total. The van der Waals surface area contributed by atoms with E-state index in [0.29, 0.717) is 35.4 Å². The molecule has 4 atom stereocenters. The molecule has 2 saturated carbocycles. The molecule has 2 aliphatic carbocycles. The maximum absolute atomic E-state index is 11.6. The van der Waals surface area contributed by atoms with Crippen LogP contribution < -0.4 is 9.80 Å². The number of piperidine rings is 2. The molecule has 4 fully saturated rings. The van der Waals surface area contributed by atoms with E-state index in [2.05, 4.69) is 24.9 Å². The fourth-order valence-corrected chi connectivity index (χ4v) is 6.31. The smallest absolute Gasteiger partial charge is 0.377 e. The van der Waals surface area contributed by atoms with Gasteiger partial charge in [0.15, 0.2) is 0 Å². The standard InChI is InChI=1S/C17H18ClN3O3.C12H14ClN3O2/c1-2-23-17(22)14-7-13(20-24-14)6-10-3-4-15(19-16(10)18)21-8-11-5-12(11)9-21;13-12-8(3-4-16(17)18)1-2-11(14-12)15-6-9-5-10(9)7-15/h3-4,7,11-12H,2,5-6,8-9H2,1H3;1-2,9-10H,3-7H2. The highest BCUT2D eigenvalue weighted by molar-refractivity contribution is 6.30. The summed E-state index contributed by atoms with van der Waals surface area (Å²) in [5.41, 5.74) is 2.23. The number of halogens is 2. The number of rotatable bonds is 9. The summed E-state index contributed by atoms with van der Waals surface area (Å²) in [6, 6.07) is 9.33. The maximum atomic E-state index is 11.6. The Bertz CT molecular complexity index is 1460. The van der Waals surface area contributed by atoms with Crippen LogP contribution in [0.4, 0.5) is 11.6 Å². The first-order valence-corrected chi connectivity index (χ1v) is 15.1. The lowest BCUT2D eigenvalue weighted by atomic mass is 10.1. The van der Waals surface area contributed by atoms with Gasteiger partial charge in [-0.2, -0.15) is 0 Å². The van der Waals surface area contributed by atoms with E-state index in [1.165, 1.54) is 12.8 Å². The Morgan fingerprint density at radius 2 is 1.52 bits per heavy atom. The molecule has 2 aliphatic heterocycles. The molecule has 11 nitrogen and oxygen atoms in total. The minimum Gasteiger partial charge on any atom is -0.460 e. The van der Waals surface area contributed by atoms with Crippen LogP contribution in [0.1, 0.15) is 47.1 Å². The van der Waals surface area contributed by atoms with Gasteiger partial charge >= 0.3 is 5.97 Å². The van der Waals surface area contributed by atoms with Crippen LogP contribution in [0.5, 0.6) is 0 Å². The number of carbonyl (C=O) groups is 1. The molecule has 3 aromatic rings. The van der Waals surface area contributed by atoms with E-state index in [1.807, 2.05) is 24.3 Å². The van der Waals surface area contributed by atoms with E-state index in [1.54, 1.807) is 13.0 Å². The van der Waals surface area contributed by atoms with Crippen LogP contribution in [-0.2, 0) is 17.6 Å². The molecular formula is C29H32Cl2N6O5. The number of anilines is 2. The van der Waals surface area contributed by atoms with Crippen molar-refractivity contribution < 1.29 is 19.0 Å². The van der Waals surface area contributed by atoms with Gasteiger partial charge in [0.1, 0.15) is 21.9 Å². The first kappa shape index (κ1) is 28.7. The van der Waals surface area contributed by atoms with Crippen molar-refractivity contribution in [3.63, 3.8) is 0 Å². The monoisotopic (exact) mass is 614 g/mol. The molecule has 0 amide bonds. The molecule has 2 saturated heterocycles. The number of hydrogen-bond acceptors (Lipinski definition) is 10. The fourth-order valence-electron chi connectivity index (χ4n) is 5.85. The van der Waals surface area contributed by atoms with Crippen molar-refractivity contribution >= 4 is 40.8 Å². The molecule has 7 rings (SSSR count). The van der Waals surface area contributed by atoms with Gasteiger partial charge in [-0.15, -0.1) is 0 Å². The Morgan fingerprint density at radius 3 is 2.02 bits per heavy atom. The lowest BCUT2D eigenvalue weighted by Crippen LogP contribution is -2.23. The van der Waals surface area contributed by atoms with E-state index in [9.17, 15) is 14.9 Å². The topological polar surface area (TPSA) is 128 Å². The molecule has 5 heterocycles. The molecule has 222 valence electrons. The number of nitrogens with zero attached hydrogens (tertiary/aromatic N) is 6. The van der Waals surface area contributed by atoms with Crippen LogP contribution >= 0.6 is 23.2 Å². The van der Waals surface area contributed by atoms with E-state index < -0.39 is 5.97 Å². The summed E-state index contributed by atoms with van der Waals surface area (Å²) in [4.78, 5) is 35.0. The minimum absolute atomic E-state index is 0.101. The number of nitro groups is 1. The number of hydrogen-bond donors (Lipinski definition) is 0. The first-order chi connectivity index (χ1) is 20.3. The van der Waals surface area contributed by atoms with Gasteiger partial charge in [0.05, 0.1) is 12.3 Å². The molecule has 0 radical (unpaired) electrons. The minimum atomic E-state index is -0.511. The van der Waals surface area contributed by atoms with Gasteiger partial charge in [-0.3, -0.25) is 10.1 Å². The van der Waals surface area contributed by atoms with E-state index in [0.717, 1.165) is 72.6 Å². The van der Waals surface area contributed by atoms with Crippen molar-refractivity contribution in [1.82, 2.24) is 15.1 Å². The van der Waals surface area contributed by atoms with Crippen molar-refractivity contribution in [2.75, 3.05) is 49.1 Å². The third kappa shape index (κ3) is 6.62. The SMILES string of the molecule is CCOC(=O)c1cc(Cc2ccc(N3CC4CC4C3)nc2Cl)no1.O=[N+]([O-])CCc1ccc(N2CC3CC3C2)nc1Cl. The predicted octanol–water partition coefficient (Wildman–Crippen LogP) is 4.96. The Kier molecular flexibility index (Phi) is 8.22. The molecule has 0 aromatic carbocycles. The largest absolute Gasteiger partial charge is 0.460 e. The zero-order valence-corrected chi connectivity index (χ0v) is 24.8. The van der Waals surface area contributed by atoms with Crippen LogP contribution in [0.3, 0.4) is 0 Å². The van der Waals surface area contributed by atoms with Crippen LogP contribution in [0.2, 0.25) is 10.3 Å². The zero-order valence-electron chi connectivity index (χ0n) is 23.2. The second kappa shape index (κ2) is 12.0. The molecule has 3 aromatic heterocycles. The number of fused-ring (bicyclic) bond motifs is 2. The van der Waals surface area contributed by atoms with E-state index >= 15 is 0 Å². The van der Waals surface area contributed by atoms with Gasteiger partial charge in [-0.1, -0.05) is 40.5 Å². The molecule has 0 spiro atoms. The van der Waals surface area contributed by atoms with Crippen molar-refractivity contribution in [3.05, 3.63) is 73.3 Å². The Morgan fingerprint density at radius 1 is 0.976 bits per heavy atom. The Balaban J connectivity index is 0.000000157. The predicted molar refractivity (Wildman–Crippen MR) is 157 cm³/mol. The number of carbonyl (C=O) groups excluding carboxylic acids is 1. The van der Waals surface area contributed by atoms with Crippen LogP contribution in [0.15, 0.2) is 34.9 Å². The quantitative estimate of drug-likeness (QED) is 0.141. The van der Waals surface area contributed by atoms with E-state index in [-0.39, 0.29) is 17.2 Å². The third-order valence-electron chi connectivity index (χ3n) is 8.40. The average Bonchev–Trinajstić information content (AvgIpc) is 3.67. The van der Waals surface area contributed by atoms with Gasteiger partial charge < -0.3 is 19.1 Å². The average molecular weight is 616 g/mol. The summed E-state index contributed by atoms with van der Waals surface area (Å²) in [5, 5.41) is 15.1. The molecular weight excluding hydrogens is 583 g/mol. The first-order valence-electron chi connectivity index (χ1n) is 14.3. The third-order valence-corrected chi connectivity index (χ3v) is 9.05. The highest BCUT2D eigenvalue weighted by atomic mass is 35.5. The molecule has 4 unspecified atom stereocenters. The number of ether oxygens (including phenoxy) is 1. The Hall–Kier alpha value is -3.44. The van der Waals surface area contributed by atoms with Crippen molar-refractivity contribution in [1.29, 1.82) is 0 Å². The highest BCUT2D eigenvalue weighted by Gasteiger charge is 2.46. The number of aromatic nitrogens is 3. The summed E-state index contributed by atoms with van der Waals surface area (Å²) in [6.45, 7) is 6.24. The summed E-state index contributed by atoms with van der Waals surface area (Å²) in [6.07, 6.45) is 3.51. The number of esters is 1. The molecule has 0 bridgehead atoms. The van der Waals surface area contributed by atoms with Crippen molar-refractivity contribution in [2.45, 2.75) is 32.6 Å².